The van der Waals surface area contributed by atoms with E-state index in [9.17, 15) is 13.6 Å². The molecule has 1 aromatic rings. The van der Waals surface area contributed by atoms with Crippen LogP contribution in [-0.2, 0) is 11.2 Å². The molecule has 2 aliphatic rings. The largest absolute Gasteiger partial charge is 0.338 e. The zero-order chi connectivity index (χ0) is 18.0. The Morgan fingerprint density at radius 2 is 2.00 bits per heavy atom. The molecule has 8 heteroatoms. The van der Waals surface area contributed by atoms with Crippen molar-refractivity contribution in [1.29, 1.82) is 0 Å². The average molecular weight is 371 g/mol. The Hall–Kier alpha value is -1.70. The molecule has 1 atom stereocenters. The minimum absolute atomic E-state index is 0.0667. The van der Waals surface area contributed by atoms with Crippen molar-refractivity contribution in [2.24, 2.45) is 0 Å². The molecule has 0 spiro atoms. The zero-order valence-corrected chi connectivity index (χ0v) is 14.7. The van der Waals surface area contributed by atoms with Crippen LogP contribution in [0.15, 0.2) is 29.4 Å². The molecule has 0 bridgehead atoms. The van der Waals surface area contributed by atoms with Gasteiger partial charge >= 0.3 is 0 Å². The van der Waals surface area contributed by atoms with Crippen molar-refractivity contribution in [2.75, 3.05) is 32.7 Å². The van der Waals surface area contributed by atoms with Crippen molar-refractivity contribution in [1.82, 2.24) is 20.7 Å². The molecule has 0 aromatic heterocycles. The minimum Gasteiger partial charge on any atom is -0.338 e. The van der Waals surface area contributed by atoms with Gasteiger partial charge in [0.1, 0.15) is 17.2 Å². The summed E-state index contributed by atoms with van der Waals surface area (Å²) in [7, 11) is 0. The predicted octanol–water partition coefficient (Wildman–Crippen LogP) is 1.60. The van der Waals surface area contributed by atoms with Crippen LogP contribution in [0, 0.1) is 11.6 Å². The highest BCUT2D eigenvalue weighted by atomic mass is 35.5. The van der Waals surface area contributed by atoms with Crippen molar-refractivity contribution in [3.05, 3.63) is 46.6 Å². The molecule has 1 unspecified atom stereocenters. The van der Waals surface area contributed by atoms with Gasteiger partial charge in [-0.15, -0.1) is 0 Å². The van der Waals surface area contributed by atoms with E-state index in [-0.39, 0.29) is 5.91 Å². The molecule has 1 amide bonds. The summed E-state index contributed by atoms with van der Waals surface area (Å²) >= 11 is 6.12. The molecule has 1 aromatic carbocycles. The predicted molar refractivity (Wildman–Crippen MR) is 91.7 cm³/mol. The van der Waals surface area contributed by atoms with E-state index in [4.69, 9.17) is 11.6 Å². The number of carbonyl (C=O) groups is 1. The highest BCUT2D eigenvalue weighted by Crippen LogP contribution is 2.25. The normalized spacial score (nSPS) is 24.2. The lowest BCUT2D eigenvalue weighted by Crippen LogP contribution is -2.60. The number of halogens is 3. The standard InChI is InChI=1S/C17H21ClF2N4O/c1-17(15(18)11-21-22-17)16(25)24-8-6-23(7-9-24)5-4-12-2-3-13(19)10-14(12)20/h2-3,10-11,21-22H,4-9H2,1H3. The van der Waals surface area contributed by atoms with Crippen molar-refractivity contribution >= 4 is 17.5 Å². The fourth-order valence-corrected chi connectivity index (χ4v) is 3.28. The molecule has 25 heavy (non-hydrogen) atoms. The number of nitrogens with zero attached hydrogens (tertiary/aromatic N) is 2. The van der Waals surface area contributed by atoms with E-state index in [1.165, 1.54) is 12.1 Å². The number of hydrogen-bond acceptors (Lipinski definition) is 4. The van der Waals surface area contributed by atoms with Crippen LogP contribution >= 0.6 is 11.6 Å². The van der Waals surface area contributed by atoms with E-state index in [0.717, 1.165) is 6.07 Å². The Balaban J connectivity index is 1.50. The number of amides is 1. The fourth-order valence-electron chi connectivity index (χ4n) is 3.10. The van der Waals surface area contributed by atoms with E-state index in [0.29, 0.717) is 49.7 Å². The molecule has 136 valence electrons. The summed E-state index contributed by atoms with van der Waals surface area (Å²) in [5.41, 5.74) is 5.25. The van der Waals surface area contributed by atoms with E-state index >= 15 is 0 Å². The van der Waals surface area contributed by atoms with Gasteiger partial charge in [0.2, 0.25) is 5.91 Å². The van der Waals surface area contributed by atoms with Gasteiger partial charge in [-0.25, -0.2) is 14.2 Å². The number of hydrogen-bond donors (Lipinski definition) is 2. The summed E-state index contributed by atoms with van der Waals surface area (Å²) in [5, 5.41) is 0.437. The van der Waals surface area contributed by atoms with Crippen molar-refractivity contribution < 1.29 is 13.6 Å². The van der Waals surface area contributed by atoms with Crippen molar-refractivity contribution in [3.63, 3.8) is 0 Å². The molecule has 2 aliphatic heterocycles. The molecular formula is C17H21ClF2N4O. The Bertz CT molecular complexity index is 691. The minimum atomic E-state index is -0.930. The zero-order valence-electron chi connectivity index (χ0n) is 14.0. The third-order valence-electron chi connectivity index (χ3n) is 4.80. The number of rotatable bonds is 4. The molecule has 0 saturated carbocycles. The molecule has 0 aliphatic carbocycles. The second kappa shape index (κ2) is 7.27. The molecule has 1 saturated heterocycles. The van der Waals surface area contributed by atoms with Crippen LogP contribution in [0.5, 0.6) is 0 Å². The van der Waals surface area contributed by atoms with Crippen LogP contribution in [-0.4, -0.2) is 54.0 Å². The first-order chi connectivity index (χ1) is 11.9. The van der Waals surface area contributed by atoms with Gasteiger partial charge in [-0.2, -0.15) is 0 Å². The topological polar surface area (TPSA) is 47.6 Å². The number of carbonyl (C=O) groups excluding carboxylic acids is 1. The molecule has 0 radical (unpaired) electrons. The second-order valence-corrected chi connectivity index (χ2v) is 6.91. The van der Waals surface area contributed by atoms with Crippen LogP contribution in [0.2, 0.25) is 0 Å². The first kappa shape index (κ1) is 18.1. The molecule has 2 N–H and O–H groups in total. The summed E-state index contributed by atoms with van der Waals surface area (Å²) in [4.78, 5) is 16.6. The molecule has 2 heterocycles. The highest BCUT2D eigenvalue weighted by Gasteiger charge is 2.42. The van der Waals surface area contributed by atoms with Crippen molar-refractivity contribution in [3.8, 4) is 0 Å². The second-order valence-electron chi connectivity index (χ2n) is 6.51. The van der Waals surface area contributed by atoms with Gasteiger partial charge in [-0.1, -0.05) is 17.7 Å². The third kappa shape index (κ3) is 3.78. The van der Waals surface area contributed by atoms with E-state index in [2.05, 4.69) is 15.8 Å². The molecular weight excluding hydrogens is 350 g/mol. The first-order valence-electron chi connectivity index (χ1n) is 8.24. The lowest BCUT2D eigenvalue weighted by atomic mass is 10.0. The maximum absolute atomic E-state index is 13.7. The number of piperazine rings is 1. The van der Waals surface area contributed by atoms with E-state index < -0.39 is 17.2 Å². The van der Waals surface area contributed by atoms with Gasteiger partial charge in [0.15, 0.2) is 0 Å². The monoisotopic (exact) mass is 370 g/mol. The highest BCUT2D eigenvalue weighted by molar-refractivity contribution is 6.33. The summed E-state index contributed by atoms with van der Waals surface area (Å²) < 4.78 is 26.6. The number of hydrazine groups is 1. The van der Waals surface area contributed by atoms with Crippen LogP contribution in [0.25, 0.3) is 0 Å². The van der Waals surface area contributed by atoms with Crippen LogP contribution in [0.3, 0.4) is 0 Å². The van der Waals surface area contributed by atoms with Crippen LogP contribution < -0.4 is 10.9 Å². The van der Waals surface area contributed by atoms with Gasteiger partial charge < -0.3 is 10.3 Å². The summed E-state index contributed by atoms with van der Waals surface area (Å²) in [6.45, 7) is 5.01. The number of benzene rings is 1. The first-order valence-corrected chi connectivity index (χ1v) is 8.62. The van der Waals surface area contributed by atoms with Gasteiger partial charge in [0.25, 0.3) is 0 Å². The van der Waals surface area contributed by atoms with Gasteiger partial charge in [-0.3, -0.25) is 9.69 Å². The fraction of sp³-hybridized carbons (Fsp3) is 0.471. The third-order valence-corrected chi connectivity index (χ3v) is 5.29. The summed E-state index contributed by atoms with van der Waals surface area (Å²) in [6, 6.07) is 3.67. The SMILES string of the molecule is CC1(C(=O)N2CCN(CCc3ccc(F)cc3F)CC2)NNC=C1Cl. The Kier molecular flexibility index (Phi) is 5.27. The quantitative estimate of drug-likeness (QED) is 0.845. The van der Waals surface area contributed by atoms with E-state index in [1.54, 1.807) is 18.0 Å². The van der Waals surface area contributed by atoms with Crippen molar-refractivity contribution in [2.45, 2.75) is 18.9 Å². The van der Waals surface area contributed by atoms with Gasteiger partial charge in [0, 0.05) is 45.0 Å². The van der Waals surface area contributed by atoms with Crippen LogP contribution in [0.4, 0.5) is 8.78 Å². The number of nitrogens with one attached hydrogen (secondary N) is 2. The van der Waals surface area contributed by atoms with E-state index in [1.807, 2.05) is 0 Å². The lowest BCUT2D eigenvalue weighted by molar-refractivity contribution is -0.137. The molecule has 1 fully saturated rings. The maximum atomic E-state index is 13.7. The summed E-state index contributed by atoms with van der Waals surface area (Å²) in [5.74, 6) is -1.14. The Labute approximate surface area is 150 Å². The van der Waals surface area contributed by atoms with Crippen LogP contribution in [0.1, 0.15) is 12.5 Å². The Morgan fingerprint density at radius 1 is 1.28 bits per heavy atom. The smallest absolute Gasteiger partial charge is 0.249 e. The summed E-state index contributed by atoms with van der Waals surface area (Å²) in [6.07, 6.45) is 2.09. The maximum Gasteiger partial charge on any atom is 0.249 e. The van der Waals surface area contributed by atoms with Gasteiger partial charge in [0.05, 0.1) is 5.03 Å². The van der Waals surface area contributed by atoms with Gasteiger partial charge in [-0.05, 0) is 25.0 Å². The molecule has 3 rings (SSSR count). The Morgan fingerprint density at radius 3 is 2.60 bits per heavy atom. The molecule has 5 nitrogen and oxygen atoms in total. The lowest BCUT2D eigenvalue weighted by Gasteiger charge is -2.38. The average Bonchev–Trinajstić information content (AvgIpc) is 2.94.